The van der Waals surface area contributed by atoms with Crippen LogP contribution in [0, 0.1) is 11.7 Å². The number of ether oxygens (including phenoxy) is 1. The van der Waals surface area contributed by atoms with Gasteiger partial charge in [-0.05, 0) is 56.9 Å². The normalized spacial score (nSPS) is 22.2. The van der Waals surface area contributed by atoms with Crippen LogP contribution in [-0.4, -0.2) is 29.5 Å². The van der Waals surface area contributed by atoms with E-state index in [-0.39, 0.29) is 17.8 Å². The third-order valence-corrected chi connectivity index (χ3v) is 4.59. The van der Waals surface area contributed by atoms with Gasteiger partial charge in [0.2, 0.25) is 0 Å². The second-order valence-electron chi connectivity index (χ2n) is 6.81. The molecule has 1 fully saturated rings. The van der Waals surface area contributed by atoms with Crippen molar-refractivity contribution in [1.29, 1.82) is 0 Å². The number of carbonyl (C=O) groups is 1. The Morgan fingerprint density at radius 3 is 2.41 bits per heavy atom. The third-order valence-electron chi connectivity index (χ3n) is 4.59. The maximum atomic E-state index is 13.0. The fourth-order valence-electron chi connectivity index (χ4n) is 3.29. The highest BCUT2D eigenvalue weighted by Gasteiger charge is 2.37. The molecule has 1 aliphatic rings. The average Bonchev–Trinajstić information content (AvgIpc) is 2.48. The van der Waals surface area contributed by atoms with Gasteiger partial charge in [-0.25, -0.2) is 4.39 Å². The van der Waals surface area contributed by atoms with Crippen LogP contribution in [-0.2, 0) is 4.79 Å². The molecule has 0 aliphatic heterocycles. The summed E-state index contributed by atoms with van der Waals surface area (Å²) >= 11 is 0. The van der Waals surface area contributed by atoms with E-state index < -0.39 is 5.60 Å². The van der Waals surface area contributed by atoms with Gasteiger partial charge in [0.1, 0.15) is 11.6 Å². The Bertz CT molecular complexity index is 512. The molecule has 2 atom stereocenters. The monoisotopic (exact) mass is 307 g/mol. The van der Waals surface area contributed by atoms with Gasteiger partial charge in [-0.2, -0.15) is 0 Å². The smallest absolute Gasteiger partial charge is 0.266 e. The number of halogens is 1. The van der Waals surface area contributed by atoms with E-state index in [0.29, 0.717) is 11.7 Å². The Hall–Kier alpha value is -1.58. The second-order valence-corrected chi connectivity index (χ2v) is 6.81. The van der Waals surface area contributed by atoms with Gasteiger partial charge < -0.3 is 9.64 Å². The zero-order valence-electron chi connectivity index (χ0n) is 13.9. The number of likely N-dealkylation sites (N-methyl/N-ethyl adjacent to an activating group) is 1. The molecule has 0 N–H and O–H groups in total. The summed E-state index contributed by atoms with van der Waals surface area (Å²) in [6.45, 7) is 5.74. The molecule has 4 heteroatoms. The highest BCUT2D eigenvalue weighted by atomic mass is 19.1. The van der Waals surface area contributed by atoms with Crippen LogP contribution in [0.3, 0.4) is 0 Å². The van der Waals surface area contributed by atoms with Crippen LogP contribution in [0.4, 0.5) is 4.39 Å². The molecule has 0 heterocycles. The van der Waals surface area contributed by atoms with Crippen LogP contribution in [0.15, 0.2) is 24.3 Å². The van der Waals surface area contributed by atoms with E-state index >= 15 is 0 Å². The van der Waals surface area contributed by atoms with E-state index in [4.69, 9.17) is 4.74 Å². The van der Waals surface area contributed by atoms with E-state index in [1.54, 1.807) is 26.0 Å². The molecule has 0 saturated heterocycles. The zero-order chi connectivity index (χ0) is 16.3. The van der Waals surface area contributed by atoms with Crippen molar-refractivity contribution in [1.82, 2.24) is 4.90 Å². The molecule has 1 aromatic carbocycles. The predicted octanol–water partition coefficient (Wildman–Crippen LogP) is 4.02. The Labute approximate surface area is 132 Å². The van der Waals surface area contributed by atoms with Crippen LogP contribution in [0.25, 0.3) is 0 Å². The minimum Gasteiger partial charge on any atom is -0.478 e. The zero-order valence-corrected chi connectivity index (χ0v) is 13.9. The van der Waals surface area contributed by atoms with Crippen LogP contribution < -0.4 is 4.74 Å². The number of amides is 1. The summed E-state index contributed by atoms with van der Waals surface area (Å²) in [6.07, 6.45) is 4.64. The molecule has 0 bridgehead atoms. The SMILES string of the molecule is CC1CCCCC1N(C)C(=O)C(C)(C)Oc1ccc(F)cc1. The number of hydrogen-bond acceptors (Lipinski definition) is 2. The predicted molar refractivity (Wildman–Crippen MR) is 85.3 cm³/mol. The highest BCUT2D eigenvalue weighted by molar-refractivity contribution is 5.85. The molecule has 1 aromatic rings. The van der Waals surface area contributed by atoms with Crippen molar-refractivity contribution in [3.05, 3.63) is 30.1 Å². The summed E-state index contributed by atoms with van der Waals surface area (Å²) < 4.78 is 18.8. The molecule has 22 heavy (non-hydrogen) atoms. The number of carbonyl (C=O) groups excluding carboxylic acids is 1. The van der Waals surface area contributed by atoms with Gasteiger partial charge in [0, 0.05) is 13.1 Å². The summed E-state index contributed by atoms with van der Waals surface area (Å²) in [5, 5.41) is 0. The van der Waals surface area contributed by atoms with Crippen molar-refractivity contribution in [2.45, 2.75) is 58.1 Å². The van der Waals surface area contributed by atoms with Crippen molar-refractivity contribution in [2.75, 3.05) is 7.05 Å². The molecular weight excluding hydrogens is 281 g/mol. The molecule has 0 spiro atoms. The lowest BCUT2D eigenvalue weighted by atomic mass is 9.84. The van der Waals surface area contributed by atoms with Gasteiger partial charge in [-0.3, -0.25) is 4.79 Å². The van der Waals surface area contributed by atoms with Crippen LogP contribution in [0.5, 0.6) is 5.75 Å². The number of rotatable bonds is 4. The molecule has 3 nitrogen and oxygen atoms in total. The quantitative estimate of drug-likeness (QED) is 0.841. The van der Waals surface area contributed by atoms with Gasteiger partial charge >= 0.3 is 0 Å². The van der Waals surface area contributed by atoms with E-state index in [0.717, 1.165) is 6.42 Å². The summed E-state index contributed by atoms with van der Waals surface area (Å²) in [7, 11) is 1.87. The summed E-state index contributed by atoms with van der Waals surface area (Å²) in [5.74, 6) is 0.675. The van der Waals surface area contributed by atoms with Gasteiger partial charge in [0.25, 0.3) is 5.91 Å². The van der Waals surface area contributed by atoms with Crippen molar-refractivity contribution < 1.29 is 13.9 Å². The van der Waals surface area contributed by atoms with E-state index in [2.05, 4.69) is 6.92 Å². The number of hydrogen-bond donors (Lipinski definition) is 0. The van der Waals surface area contributed by atoms with Gasteiger partial charge in [-0.1, -0.05) is 19.8 Å². The molecule has 0 aromatic heterocycles. The first kappa shape index (κ1) is 16.8. The van der Waals surface area contributed by atoms with E-state index in [1.807, 2.05) is 11.9 Å². The van der Waals surface area contributed by atoms with Crippen LogP contribution >= 0.6 is 0 Å². The summed E-state index contributed by atoms with van der Waals surface area (Å²) in [6, 6.07) is 6.05. The van der Waals surface area contributed by atoms with Crippen LogP contribution in [0.1, 0.15) is 46.5 Å². The fourth-order valence-corrected chi connectivity index (χ4v) is 3.29. The van der Waals surface area contributed by atoms with Crippen molar-refractivity contribution in [3.8, 4) is 5.75 Å². The summed E-state index contributed by atoms with van der Waals surface area (Å²) in [5.41, 5.74) is -0.969. The molecule has 1 saturated carbocycles. The lowest BCUT2D eigenvalue weighted by Crippen LogP contribution is -2.53. The largest absolute Gasteiger partial charge is 0.478 e. The Morgan fingerprint density at radius 2 is 1.82 bits per heavy atom. The van der Waals surface area contributed by atoms with Gasteiger partial charge in [0.15, 0.2) is 5.60 Å². The lowest BCUT2D eigenvalue weighted by Gasteiger charge is -2.39. The molecule has 2 rings (SSSR count). The molecule has 0 radical (unpaired) electrons. The first-order valence-corrected chi connectivity index (χ1v) is 8.03. The average molecular weight is 307 g/mol. The van der Waals surface area contributed by atoms with Crippen molar-refractivity contribution >= 4 is 5.91 Å². The second kappa shape index (κ2) is 6.67. The first-order valence-electron chi connectivity index (χ1n) is 8.03. The van der Waals surface area contributed by atoms with Crippen LogP contribution in [0.2, 0.25) is 0 Å². The third kappa shape index (κ3) is 3.79. The fraction of sp³-hybridized carbons (Fsp3) is 0.611. The number of benzene rings is 1. The topological polar surface area (TPSA) is 29.5 Å². The van der Waals surface area contributed by atoms with Crippen molar-refractivity contribution in [3.63, 3.8) is 0 Å². The van der Waals surface area contributed by atoms with E-state index in [1.165, 1.54) is 31.4 Å². The Morgan fingerprint density at radius 1 is 1.23 bits per heavy atom. The lowest BCUT2D eigenvalue weighted by molar-refractivity contribution is -0.148. The summed E-state index contributed by atoms with van der Waals surface area (Å²) in [4.78, 5) is 14.6. The Kier molecular flexibility index (Phi) is 5.09. The van der Waals surface area contributed by atoms with Crippen molar-refractivity contribution in [2.24, 2.45) is 5.92 Å². The number of nitrogens with zero attached hydrogens (tertiary/aromatic N) is 1. The molecule has 2 unspecified atom stereocenters. The maximum Gasteiger partial charge on any atom is 0.266 e. The Balaban J connectivity index is 2.06. The van der Waals surface area contributed by atoms with Gasteiger partial charge in [0.05, 0.1) is 0 Å². The first-order chi connectivity index (χ1) is 10.3. The van der Waals surface area contributed by atoms with E-state index in [9.17, 15) is 9.18 Å². The molecule has 1 amide bonds. The molecular formula is C18H26FNO2. The standard InChI is InChI=1S/C18H26FNO2/c1-13-7-5-6-8-16(13)20(4)17(21)18(2,3)22-15-11-9-14(19)10-12-15/h9-13,16H,5-8H2,1-4H3. The minimum atomic E-state index is -0.969. The minimum absolute atomic E-state index is 0.0319. The molecule has 1 aliphatic carbocycles. The maximum absolute atomic E-state index is 13.0. The highest BCUT2D eigenvalue weighted by Crippen LogP contribution is 2.29. The molecule has 122 valence electrons. The van der Waals surface area contributed by atoms with Gasteiger partial charge in [-0.15, -0.1) is 0 Å².